The van der Waals surface area contributed by atoms with E-state index in [9.17, 15) is 15.0 Å². The number of carboxylic acid groups (broad SMARTS) is 1. The molecule has 29 heavy (non-hydrogen) atoms. The van der Waals surface area contributed by atoms with Gasteiger partial charge in [0.25, 0.3) is 0 Å². The van der Waals surface area contributed by atoms with E-state index < -0.39 is 25.4 Å². The minimum absolute atomic E-state index is 0.0214. The van der Waals surface area contributed by atoms with Crippen LogP contribution in [0, 0.1) is 5.41 Å². The molecule has 0 heterocycles. The molecule has 1 aromatic rings. The Kier molecular flexibility index (Phi) is 7.95. The van der Waals surface area contributed by atoms with Gasteiger partial charge in [-0.15, -0.1) is 0 Å². The second-order valence-corrected chi connectivity index (χ2v) is 15.0. The van der Waals surface area contributed by atoms with E-state index in [4.69, 9.17) is 9.16 Å². The van der Waals surface area contributed by atoms with Gasteiger partial charge in [0.05, 0.1) is 13.2 Å². The Morgan fingerprint density at radius 1 is 1.03 bits per heavy atom. The van der Waals surface area contributed by atoms with Crippen molar-refractivity contribution in [1.82, 2.24) is 4.90 Å². The lowest BCUT2D eigenvalue weighted by Gasteiger charge is -2.42. The molecular formula is C22H39NO5Si. The maximum Gasteiger partial charge on any atom is 0.407 e. The monoisotopic (exact) mass is 425 g/mol. The highest BCUT2D eigenvalue weighted by Crippen LogP contribution is 2.40. The Morgan fingerprint density at radius 3 is 1.97 bits per heavy atom. The first-order valence-electron chi connectivity index (χ1n) is 10.0. The minimum atomic E-state index is -1.79. The van der Waals surface area contributed by atoms with Gasteiger partial charge in [-0.1, -0.05) is 53.7 Å². The quantitative estimate of drug-likeness (QED) is 0.456. The Hall–Kier alpha value is -1.57. The van der Waals surface area contributed by atoms with Gasteiger partial charge >= 0.3 is 6.09 Å². The molecule has 0 aliphatic heterocycles. The molecule has 1 unspecified atom stereocenters. The van der Waals surface area contributed by atoms with E-state index in [0.717, 1.165) is 4.90 Å². The van der Waals surface area contributed by atoms with Gasteiger partial charge < -0.3 is 24.3 Å². The van der Waals surface area contributed by atoms with Crippen LogP contribution in [0.15, 0.2) is 24.3 Å². The molecule has 0 saturated carbocycles. The van der Waals surface area contributed by atoms with E-state index in [1.807, 2.05) is 20.8 Å². The second kappa shape index (κ2) is 9.06. The zero-order valence-corrected chi connectivity index (χ0v) is 20.5. The number of hydrogen-bond donors (Lipinski definition) is 2. The van der Waals surface area contributed by atoms with E-state index in [2.05, 4.69) is 33.9 Å². The van der Waals surface area contributed by atoms with E-state index in [-0.39, 0.29) is 11.6 Å². The third-order valence-corrected chi connectivity index (χ3v) is 10.5. The fraction of sp³-hybridized carbons (Fsp3) is 0.682. The molecule has 1 atom stereocenters. The highest BCUT2D eigenvalue weighted by molar-refractivity contribution is 6.74. The Labute approximate surface area is 177 Å². The van der Waals surface area contributed by atoms with Crippen molar-refractivity contribution in [2.24, 2.45) is 5.41 Å². The summed E-state index contributed by atoms with van der Waals surface area (Å²) < 4.78 is 11.9. The standard InChI is InChI=1S/C22H39NO5Si/c1-20(2,3)22(26,16-23(7)19(24)25)17-10-12-18(13-11-17)27-14-15-28-29(8,9)21(4,5)6/h10-13,26H,14-16H2,1-9H3,(H,24,25). The van der Waals surface area contributed by atoms with Gasteiger partial charge in [0.2, 0.25) is 0 Å². The molecule has 7 heteroatoms. The zero-order valence-electron chi connectivity index (χ0n) is 19.5. The third-order valence-electron chi connectivity index (χ3n) is 5.99. The van der Waals surface area contributed by atoms with E-state index >= 15 is 0 Å². The van der Waals surface area contributed by atoms with Crippen LogP contribution in [0.1, 0.15) is 47.1 Å². The summed E-state index contributed by atoms with van der Waals surface area (Å²) in [5.74, 6) is 0.690. The predicted octanol–water partition coefficient (Wildman–Crippen LogP) is 4.93. The lowest BCUT2D eigenvalue weighted by Crippen LogP contribution is -2.49. The summed E-state index contributed by atoms with van der Waals surface area (Å²) >= 11 is 0. The maximum atomic E-state index is 11.3. The first-order chi connectivity index (χ1) is 13.0. The summed E-state index contributed by atoms with van der Waals surface area (Å²) in [6, 6.07) is 7.20. The van der Waals surface area contributed by atoms with Gasteiger partial charge in [0.15, 0.2) is 8.32 Å². The largest absolute Gasteiger partial charge is 0.491 e. The normalized spacial score (nSPS) is 15.0. The van der Waals surface area contributed by atoms with Gasteiger partial charge in [-0.3, -0.25) is 0 Å². The molecule has 0 aromatic heterocycles. The average molecular weight is 426 g/mol. The minimum Gasteiger partial charge on any atom is -0.491 e. The van der Waals surface area contributed by atoms with Gasteiger partial charge in [-0.05, 0) is 41.2 Å². The van der Waals surface area contributed by atoms with Crippen molar-refractivity contribution >= 4 is 14.4 Å². The van der Waals surface area contributed by atoms with Crippen molar-refractivity contribution in [3.05, 3.63) is 29.8 Å². The summed E-state index contributed by atoms with van der Waals surface area (Å²) in [7, 11) is -0.331. The molecule has 0 fully saturated rings. The van der Waals surface area contributed by atoms with Gasteiger partial charge in [-0.25, -0.2) is 4.79 Å². The van der Waals surface area contributed by atoms with Gasteiger partial charge in [0, 0.05) is 7.05 Å². The number of amides is 1. The average Bonchev–Trinajstić information content (AvgIpc) is 2.57. The molecule has 0 spiro atoms. The smallest absolute Gasteiger partial charge is 0.407 e. The van der Waals surface area contributed by atoms with Crippen molar-refractivity contribution in [3.8, 4) is 5.75 Å². The number of likely N-dealkylation sites (N-methyl/N-ethyl adjacent to an activating group) is 1. The van der Waals surface area contributed by atoms with Crippen molar-refractivity contribution in [1.29, 1.82) is 0 Å². The molecular weight excluding hydrogens is 386 g/mol. The first-order valence-corrected chi connectivity index (χ1v) is 13.0. The van der Waals surface area contributed by atoms with Crippen LogP contribution < -0.4 is 4.74 Å². The summed E-state index contributed by atoms with van der Waals surface area (Å²) in [5, 5.41) is 20.7. The van der Waals surface area contributed by atoms with E-state index in [1.54, 1.807) is 24.3 Å². The molecule has 0 saturated heterocycles. The Bertz CT molecular complexity index is 676. The number of carbonyl (C=O) groups is 1. The van der Waals surface area contributed by atoms with Crippen LogP contribution in [0.2, 0.25) is 18.1 Å². The van der Waals surface area contributed by atoms with Gasteiger partial charge in [0.1, 0.15) is 18.0 Å². The number of nitrogens with zero attached hydrogens (tertiary/aromatic N) is 1. The SMILES string of the molecule is CN(CC(O)(c1ccc(OCCO[Si](C)(C)C(C)(C)C)cc1)C(C)(C)C)C(=O)O. The van der Waals surface area contributed by atoms with Crippen LogP contribution in [-0.4, -0.2) is 56.3 Å². The topological polar surface area (TPSA) is 79.2 Å². The van der Waals surface area contributed by atoms with E-state index in [1.165, 1.54) is 7.05 Å². The Balaban J connectivity index is 2.82. The fourth-order valence-electron chi connectivity index (χ4n) is 2.67. The lowest BCUT2D eigenvalue weighted by atomic mass is 9.72. The van der Waals surface area contributed by atoms with Crippen molar-refractivity contribution in [2.75, 3.05) is 26.8 Å². The van der Waals surface area contributed by atoms with Crippen LogP contribution in [0.5, 0.6) is 5.75 Å². The Morgan fingerprint density at radius 2 is 1.55 bits per heavy atom. The summed E-state index contributed by atoms with van der Waals surface area (Å²) in [6.07, 6.45) is -1.07. The van der Waals surface area contributed by atoms with Crippen LogP contribution in [0.4, 0.5) is 4.79 Å². The molecule has 2 N–H and O–H groups in total. The van der Waals surface area contributed by atoms with Crippen LogP contribution in [0.3, 0.4) is 0 Å². The predicted molar refractivity (Wildman–Crippen MR) is 119 cm³/mol. The number of benzene rings is 1. The molecule has 6 nitrogen and oxygen atoms in total. The third kappa shape index (κ3) is 6.45. The molecule has 1 aromatic carbocycles. The fourth-order valence-corrected chi connectivity index (χ4v) is 3.70. The van der Waals surface area contributed by atoms with Gasteiger partial charge in [-0.2, -0.15) is 0 Å². The summed E-state index contributed by atoms with van der Waals surface area (Å²) in [4.78, 5) is 12.4. The maximum absolute atomic E-state index is 11.3. The number of ether oxygens (including phenoxy) is 1. The number of hydrogen-bond acceptors (Lipinski definition) is 4. The van der Waals surface area contributed by atoms with Crippen molar-refractivity contribution < 1.29 is 24.2 Å². The zero-order chi connectivity index (χ0) is 22.7. The molecule has 0 aliphatic carbocycles. The van der Waals surface area contributed by atoms with Crippen LogP contribution in [0.25, 0.3) is 0 Å². The highest BCUT2D eigenvalue weighted by Gasteiger charge is 2.43. The van der Waals surface area contributed by atoms with Crippen molar-refractivity contribution in [3.63, 3.8) is 0 Å². The van der Waals surface area contributed by atoms with Crippen LogP contribution in [-0.2, 0) is 10.0 Å². The second-order valence-electron chi connectivity index (χ2n) is 10.2. The molecule has 1 rings (SSSR count). The van der Waals surface area contributed by atoms with Crippen molar-refractivity contribution in [2.45, 2.75) is 65.3 Å². The summed E-state index contributed by atoms with van der Waals surface area (Å²) in [6.45, 7) is 17.7. The van der Waals surface area contributed by atoms with E-state index in [0.29, 0.717) is 24.5 Å². The number of aliphatic hydroxyl groups is 1. The summed E-state index contributed by atoms with van der Waals surface area (Å²) in [5.41, 5.74) is -1.23. The first kappa shape index (κ1) is 25.5. The van der Waals surface area contributed by atoms with Crippen LogP contribution >= 0.6 is 0 Å². The molecule has 0 aliphatic rings. The molecule has 1 amide bonds. The molecule has 0 radical (unpaired) electrons. The molecule has 0 bridgehead atoms. The highest BCUT2D eigenvalue weighted by atomic mass is 28.4. The lowest BCUT2D eigenvalue weighted by molar-refractivity contribution is -0.0794. The number of rotatable bonds is 8. The molecule has 166 valence electrons.